The lowest BCUT2D eigenvalue weighted by Crippen LogP contribution is -2.13. The van der Waals surface area contributed by atoms with E-state index in [-0.39, 0.29) is 0 Å². The van der Waals surface area contributed by atoms with Gasteiger partial charge in [-0.05, 0) is 29.3 Å². The van der Waals surface area contributed by atoms with Crippen LogP contribution in [0.3, 0.4) is 0 Å². The Morgan fingerprint density at radius 2 is 1.65 bits per heavy atom. The summed E-state index contributed by atoms with van der Waals surface area (Å²) in [5.74, 6) is -1.27. The Hall–Kier alpha value is -2.33. The monoisotopic (exact) mass is 270 g/mol. The van der Waals surface area contributed by atoms with E-state index in [2.05, 4.69) is 4.98 Å². The van der Waals surface area contributed by atoms with Crippen molar-refractivity contribution < 1.29 is 8.78 Å². The van der Waals surface area contributed by atoms with Crippen LogP contribution < -0.4 is 5.73 Å². The molecule has 4 heteroatoms. The van der Waals surface area contributed by atoms with Gasteiger partial charge in [0.25, 0.3) is 0 Å². The molecule has 0 aliphatic heterocycles. The van der Waals surface area contributed by atoms with Crippen LogP contribution in [-0.4, -0.2) is 4.98 Å². The summed E-state index contributed by atoms with van der Waals surface area (Å²) >= 11 is 0. The number of nitrogens with two attached hydrogens (primary N) is 1. The van der Waals surface area contributed by atoms with Crippen LogP contribution >= 0.6 is 0 Å². The number of aromatic nitrogens is 1. The third kappa shape index (κ3) is 2.26. The average molecular weight is 270 g/mol. The number of para-hydroxylation sites is 1. The summed E-state index contributed by atoms with van der Waals surface area (Å²) in [5.41, 5.74) is 8.02. The van der Waals surface area contributed by atoms with E-state index in [9.17, 15) is 8.78 Å². The topological polar surface area (TPSA) is 38.9 Å². The maximum atomic E-state index is 13.3. The van der Waals surface area contributed by atoms with Crippen molar-refractivity contribution in [2.75, 3.05) is 0 Å². The summed E-state index contributed by atoms with van der Waals surface area (Å²) in [6, 6.07) is 12.0. The Morgan fingerprint density at radius 3 is 2.40 bits per heavy atom. The SMILES string of the molecule is NC(c1cc(F)cc(F)c1)c1cccc2cccnc12. The normalized spacial score (nSPS) is 12.6. The number of rotatable bonds is 2. The van der Waals surface area contributed by atoms with Gasteiger partial charge >= 0.3 is 0 Å². The van der Waals surface area contributed by atoms with E-state index in [4.69, 9.17) is 5.73 Å². The average Bonchev–Trinajstić information content (AvgIpc) is 2.45. The summed E-state index contributed by atoms with van der Waals surface area (Å²) < 4.78 is 26.6. The Morgan fingerprint density at radius 1 is 0.950 bits per heavy atom. The molecule has 0 bridgehead atoms. The zero-order valence-corrected chi connectivity index (χ0v) is 10.6. The highest BCUT2D eigenvalue weighted by atomic mass is 19.1. The minimum absolute atomic E-state index is 0.389. The van der Waals surface area contributed by atoms with Crippen molar-refractivity contribution in [2.45, 2.75) is 6.04 Å². The highest BCUT2D eigenvalue weighted by Gasteiger charge is 2.14. The minimum atomic E-state index is -0.636. The van der Waals surface area contributed by atoms with Gasteiger partial charge in [0, 0.05) is 17.6 Å². The highest BCUT2D eigenvalue weighted by molar-refractivity contribution is 5.82. The van der Waals surface area contributed by atoms with Crippen LogP contribution in [0.4, 0.5) is 8.78 Å². The third-order valence-corrected chi connectivity index (χ3v) is 3.24. The maximum Gasteiger partial charge on any atom is 0.126 e. The molecular formula is C16H12F2N2. The van der Waals surface area contributed by atoms with E-state index in [0.717, 1.165) is 22.5 Å². The Kier molecular flexibility index (Phi) is 3.16. The molecule has 20 heavy (non-hydrogen) atoms. The van der Waals surface area contributed by atoms with E-state index in [1.54, 1.807) is 6.20 Å². The van der Waals surface area contributed by atoms with E-state index < -0.39 is 17.7 Å². The maximum absolute atomic E-state index is 13.3. The van der Waals surface area contributed by atoms with Gasteiger partial charge in [0.05, 0.1) is 11.6 Å². The highest BCUT2D eigenvalue weighted by Crippen LogP contribution is 2.26. The molecule has 0 saturated heterocycles. The predicted molar refractivity (Wildman–Crippen MR) is 74.1 cm³/mol. The molecule has 0 fully saturated rings. The first-order valence-corrected chi connectivity index (χ1v) is 6.20. The molecule has 0 spiro atoms. The summed E-state index contributed by atoms with van der Waals surface area (Å²) in [4.78, 5) is 4.31. The van der Waals surface area contributed by atoms with Gasteiger partial charge in [-0.3, -0.25) is 4.98 Å². The molecule has 0 aliphatic carbocycles. The molecule has 100 valence electrons. The first kappa shape index (κ1) is 12.7. The molecule has 1 unspecified atom stereocenters. The van der Waals surface area contributed by atoms with E-state index in [0.29, 0.717) is 5.56 Å². The molecule has 0 radical (unpaired) electrons. The summed E-state index contributed by atoms with van der Waals surface area (Å²) in [7, 11) is 0. The number of halogens is 2. The van der Waals surface area contributed by atoms with Crippen molar-refractivity contribution >= 4 is 10.9 Å². The number of nitrogens with zero attached hydrogens (tertiary/aromatic N) is 1. The molecule has 1 aromatic heterocycles. The molecule has 3 rings (SSSR count). The lowest BCUT2D eigenvalue weighted by atomic mass is 9.97. The fourth-order valence-corrected chi connectivity index (χ4v) is 2.31. The molecule has 3 aromatic rings. The second-order valence-corrected chi connectivity index (χ2v) is 4.60. The first-order chi connectivity index (χ1) is 9.65. The smallest absolute Gasteiger partial charge is 0.126 e. The van der Waals surface area contributed by atoms with Gasteiger partial charge in [-0.15, -0.1) is 0 Å². The number of pyridine rings is 1. The van der Waals surface area contributed by atoms with Crippen LogP contribution in [-0.2, 0) is 0 Å². The lowest BCUT2D eigenvalue weighted by Gasteiger charge is -2.14. The molecule has 0 amide bonds. The molecular weight excluding hydrogens is 258 g/mol. The van der Waals surface area contributed by atoms with Gasteiger partial charge in [-0.25, -0.2) is 8.78 Å². The zero-order chi connectivity index (χ0) is 14.1. The summed E-state index contributed by atoms with van der Waals surface area (Å²) in [5, 5.41) is 0.942. The van der Waals surface area contributed by atoms with Gasteiger partial charge in [-0.2, -0.15) is 0 Å². The molecule has 2 N–H and O–H groups in total. The molecule has 2 nitrogen and oxygen atoms in total. The fraction of sp³-hybridized carbons (Fsp3) is 0.0625. The Bertz CT molecular complexity index is 746. The van der Waals surface area contributed by atoms with Crippen molar-refractivity contribution in [2.24, 2.45) is 5.73 Å². The fourth-order valence-electron chi connectivity index (χ4n) is 2.31. The van der Waals surface area contributed by atoms with Gasteiger partial charge in [0.1, 0.15) is 11.6 Å². The van der Waals surface area contributed by atoms with Crippen LogP contribution in [0.25, 0.3) is 10.9 Å². The van der Waals surface area contributed by atoms with Crippen LogP contribution in [0.5, 0.6) is 0 Å². The van der Waals surface area contributed by atoms with Gasteiger partial charge < -0.3 is 5.73 Å². The first-order valence-electron chi connectivity index (χ1n) is 6.20. The van der Waals surface area contributed by atoms with Crippen LogP contribution in [0.15, 0.2) is 54.7 Å². The molecule has 2 aromatic carbocycles. The van der Waals surface area contributed by atoms with Crippen molar-refractivity contribution in [3.63, 3.8) is 0 Å². The zero-order valence-electron chi connectivity index (χ0n) is 10.6. The lowest BCUT2D eigenvalue weighted by molar-refractivity contribution is 0.577. The van der Waals surface area contributed by atoms with Gasteiger partial charge in [-0.1, -0.05) is 24.3 Å². The second-order valence-electron chi connectivity index (χ2n) is 4.60. The second kappa shape index (κ2) is 4.98. The Balaban J connectivity index is 2.15. The summed E-state index contributed by atoms with van der Waals surface area (Å²) in [6.07, 6.45) is 1.67. The van der Waals surface area contributed by atoms with E-state index in [1.807, 2.05) is 30.3 Å². The minimum Gasteiger partial charge on any atom is -0.320 e. The van der Waals surface area contributed by atoms with Crippen molar-refractivity contribution in [1.82, 2.24) is 4.98 Å². The molecule has 1 heterocycles. The van der Waals surface area contributed by atoms with Crippen LogP contribution in [0, 0.1) is 11.6 Å². The molecule has 0 saturated carbocycles. The van der Waals surface area contributed by atoms with Gasteiger partial charge in [0.2, 0.25) is 0 Å². The van der Waals surface area contributed by atoms with E-state index >= 15 is 0 Å². The molecule has 0 aliphatic rings. The largest absolute Gasteiger partial charge is 0.320 e. The number of hydrogen-bond acceptors (Lipinski definition) is 2. The third-order valence-electron chi connectivity index (χ3n) is 3.24. The summed E-state index contributed by atoms with van der Waals surface area (Å²) in [6.45, 7) is 0. The van der Waals surface area contributed by atoms with Crippen LogP contribution in [0.1, 0.15) is 17.2 Å². The molecule has 1 atom stereocenters. The standard InChI is InChI=1S/C16H12F2N2/c17-12-7-11(8-13(18)9-12)15(19)14-5-1-3-10-4-2-6-20-16(10)14/h1-9,15H,19H2. The number of benzene rings is 2. The van der Waals surface area contributed by atoms with Gasteiger partial charge in [0.15, 0.2) is 0 Å². The quantitative estimate of drug-likeness (QED) is 0.773. The van der Waals surface area contributed by atoms with Crippen molar-refractivity contribution in [3.05, 3.63) is 77.5 Å². The predicted octanol–water partition coefficient (Wildman–Crippen LogP) is 3.56. The Labute approximate surface area is 114 Å². The van der Waals surface area contributed by atoms with Crippen molar-refractivity contribution in [3.8, 4) is 0 Å². The number of fused-ring (bicyclic) bond motifs is 1. The van der Waals surface area contributed by atoms with Crippen LogP contribution in [0.2, 0.25) is 0 Å². The van der Waals surface area contributed by atoms with Crippen molar-refractivity contribution in [1.29, 1.82) is 0 Å². The number of hydrogen-bond donors (Lipinski definition) is 1. The van der Waals surface area contributed by atoms with E-state index in [1.165, 1.54) is 12.1 Å².